The van der Waals surface area contributed by atoms with E-state index in [4.69, 9.17) is 9.47 Å². The van der Waals surface area contributed by atoms with Crippen LogP contribution in [0.25, 0.3) is 10.8 Å². The lowest BCUT2D eigenvalue weighted by molar-refractivity contribution is 0.415. The predicted octanol–water partition coefficient (Wildman–Crippen LogP) is 4.60. The van der Waals surface area contributed by atoms with Crippen LogP contribution in [-0.2, 0) is 0 Å². The fraction of sp³-hybridized carbons (Fsp3) is 0.111. The van der Waals surface area contributed by atoms with Gasteiger partial charge in [-0.05, 0) is 59.3 Å². The number of fused-ring (bicyclic) bond motifs is 1. The van der Waals surface area contributed by atoms with Gasteiger partial charge in [-0.3, -0.25) is 0 Å². The number of nitrogens with one attached hydrogen (secondary N) is 1. The molecular formula is C18H17NO2. The van der Waals surface area contributed by atoms with E-state index in [1.165, 1.54) is 5.39 Å². The van der Waals surface area contributed by atoms with Crippen LogP contribution >= 0.6 is 0 Å². The third kappa shape index (κ3) is 2.92. The lowest BCUT2D eigenvalue weighted by Crippen LogP contribution is -1.91. The summed E-state index contributed by atoms with van der Waals surface area (Å²) in [7, 11) is 3.35. The molecule has 0 aromatic heterocycles. The molecule has 3 heteroatoms. The van der Waals surface area contributed by atoms with Gasteiger partial charge in [0.05, 0.1) is 14.2 Å². The standard InChI is InChI=1S/C18H17NO2/c1-20-17-9-6-15(7-10-17)19-16-5-3-14-12-18(21-2)8-4-13(14)11-16/h3-12,19H,1-2H3. The van der Waals surface area contributed by atoms with Crippen LogP contribution in [0.1, 0.15) is 0 Å². The average Bonchev–Trinajstić information content (AvgIpc) is 2.55. The van der Waals surface area contributed by atoms with E-state index in [0.29, 0.717) is 0 Å². The number of rotatable bonds is 4. The molecule has 0 unspecified atom stereocenters. The summed E-state index contributed by atoms with van der Waals surface area (Å²) in [6, 6.07) is 20.2. The van der Waals surface area contributed by atoms with Gasteiger partial charge in [-0.1, -0.05) is 12.1 Å². The average molecular weight is 279 g/mol. The van der Waals surface area contributed by atoms with Crippen molar-refractivity contribution < 1.29 is 9.47 Å². The molecular weight excluding hydrogens is 262 g/mol. The maximum absolute atomic E-state index is 5.24. The summed E-state index contributed by atoms with van der Waals surface area (Å²) in [4.78, 5) is 0. The van der Waals surface area contributed by atoms with E-state index >= 15 is 0 Å². The normalized spacial score (nSPS) is 10.4. The Morgan fingerprint density at radius 3 is 1.90 bits per heavy atom. The van der Waals surface area contributed by atoms with Crippen molar-refractivity contribution in [1.82, 2.24) is 0 Å². The first-order chi connectivity index (χ1) is 10.3. The summed E-state index contributed by atoms with van der Waals surface area (Å²) >= 11 is 0. The van der Waals surface area contributed by atoms with Gasteiger partial charge in [0.1, 0.15) is 11.5 Å². The van der Waals surface area contributed by atoms with E-state index in [0.717, 1.165) is 28.3 Å². The first-order valence-electron chi connectivity index (χ1n) is 6.77. The van der Waals surface area contributed by atoms with Crippen LogP contribution in [0.2, 0.25) is 0 Å². The van der Waals surface area contributed by atoms with E-state index in [-0.39, 0.29) is 0 Å². The molecule has 3 aromatic carbocycles. The van der Waals surface area contributed by atoms with Gasteiger partial charge >= 0.3 is 0 Å². The van der Waals surface area contributed by atoms with E-state index in [2.05, 4.69) is 29.6 Å². The Morgan fingerprint density at radius 1 is 0.619 bits per heavy atom. The van der Waals surface area contributed by atoms with Crippen LogP contribution < -0.4 is 14.8 Å². The van der Waals surface area contributed by atoms with Crippen molar-refractivity contribution >= 4 is 22.1 Å². The number of benzene rings is 3. The van der Waals surface area contributed by atoms with Crippen molar-refractivity contribution in [2.75, 3.05) is 19.5 Å². The summed E-state index contributed by atoms with van der Waals surface area (Å²) in [5.41, 5.74) is 2.08. The summed E-state index contributed by atoms with van der Waals surface area (Å²) in [5.74, 6) is 1.73. The molecule has 0 heterocycles. The molecule has 3 nitrogen and oxygen atoms in total. The summed E-state index contributed by atoms with van der Waals surface area (Å²) in [6.07, 6.45) is 0. The number of anilines is 2. The number of ether oxygens (including phenoxy) is 2. The zero-order valence-corrected chi connectivity index (χ0v) is 12.1. The lowest BCUT2D eigenvalue weighted by atomic mass is 10.1. The van der Waals surface area contributed by atoms with Crippen LogP contribution in [0, 0.1) is 0 Å². The van der Waals surface area contributed by atoms with Crippen molar-refractivity contribution in [2.24, 2.45) is 0 Å². The van der Waals surface area contributed by atoms with Gasteiger partial charge in [0.2, 0.25) is 0 Å². The third-order valence-electron chi connectivity index (χ3n) is 3.43. The van der Waals surface area contributed by atoms with Gasteiger partial charge in [0.25, 0.3) is 0 Å². The van der Waals surface area contributed by atoms with Crippen LogP contribution in [-0.4, -0.2) is 14.2 Å². The quantitative estimate of drug-likeness (QED) is 0.757. The van der Waals surface area contributed by atoms with Gasteiger partial charge in [-0.15, -0.1) is 0 Å². The first-order valence-corrected chi connectivity index (χ1v) is 6.77. The molecule has 106 valence electrons. The largest absolute Gasteiger partial charge is 0.497 e. The molecule has 0 spiro atoms. The Kier molecular flexibility index (Phi) is 3.65. The number of hydrogen-bond acceptors (Lipinski definition) is 3. The van der Waals surface area contributed by atoms with Crippen molar-refractivity contribution in [1.29, 1.82) is 0 Å². The van der Waals surface area contributed by atoms with Crippen LogP contribution in [0.3, 0.4) is 0 Å². The predicted molar refractivity (Wildman–Crippen MR) is 86.8 cm³/mol. The number of hydrogen-bond donors (Lipinski definition) is 1. The molecule has 3 aromatic rings. The van der Waals surface area contributed by atoms with E-state index in [9.17, 15) is 0 Å². The lowest BCUT2D eigenvalue weighted by Gasteiger charge is -2.09. The molecule has 1 N–H and O–H groups in total. The van der Waals surface area contributed by atoms with E-state index in [1.807, 2.05) is 36.4 Å². The zero-order valence-electron chi connectivity index (χ0n) is 12.1. The van der Waals surface area contributed by atoms with Crippen molar-refractivity contribution in [3.8, 4) is 11.5 Å². The summed E-state index contributed by atoms with van der Waals surface area (Å²) < 4.78 is 10.4. The molecule has 0 amide bonds. The molecule has 0 saturated carbocycles. The molecule has 0 saturated heterocycles. The molecule has 0 fully saturated rings. The van der Waals surface area contributed by atoms with Crippen molar-refractivity contribution in [2.45, 2.75) is 0 Å². The minimum absolute atomic E-state index is 0.853. The maximum atomic E-state index is 5.24. The second-order valence-electron chi connectivity index (χ2n) is 4.78. The Morgan fingerprint density at radius 2 is 1.19 bits per heavy atom. The summed E-state index contributed by atoms with van der Waals surface area (Å²) in [6.45, 7) is 0. The Hall–Kier alpha value is -2.68. The van der Waals surface area contributed by atoms with Crippen LogP contribution in [0.15, 0.2) is 60.7 Å². The second-order valence-corrected chi connectivity index (χ2v) is 4.78. The Balaban J connectivity index is 1.86. The molecule has 3 rings (SSSR count). The minimum Gasteiger partial charge on any atom is -0.497 e. The van der Waals surface area contributed by atoms with Gasteiger partial charge in [0, 0.05) is 11.4 Å². The molecule has 0 aliphatic heterocycles. The second kappa shape index (κ2) is 5.75. The van der Waals surface area contributed by atoms with Gasteiger partial charge in [0.15, 0.2) is 0 Å². The Labute approximate surface area is 124 Å². The molecule has 0 bridgehead atoms. The van der Waals surface area contributed by atoms with Crippen molar-refractivity contribution in [3.63, 3.8) is 0 Å². The van der Waals surface area contributed by atoms with Gasteiger partial charge in [-0.25, -0.2) is 0 Å². The molecule has 0 aliphatic rings. The minimum atomic E-state index is 0.853. The third-order valence-corrected chi connectivity index (χ3v) is 3.43. The smallest absolute Gasteiger partial charge is 0.119 e. The monoisotopic (exact) mass is 279 g/mol. The first kappa shape index (κ1) is 13.3. The molecule has 0 aliphatic carbocycles. The highest BCUT2D eigenvalue weighted by molar-refractivity contribution is 5.87. The van der Waals surface area contributed by atoms with E-state index < -0.39 is 0 Å². The van der Waals surface area contributed by atoms with Crippen LogP contribution in [0.4, 0.5) is 11.4 Å². The highest BCUT2D eigenvalue weighted by Crippen LogP contribution is 2.26. The Bertz CT molecular complexity index is 751. The molecule has 0 radical (unpaired) electrons. The van der Waals surface area contributed by atoms with Gasteiger partial charge < -0.3 is 14.8 Å². The summed E-state index contributed by atoms with van der Waals surface area (Å²) in [5, 5.41) is 5.73. The van der Waals surface area contributed by atoms with Crippen molar-refractivity contribution in [3.05, 3.63) is 60.7 Å². The maximum Gasteiger partial charge on any atom is 0.119 e. The number of methoxy groups -OCH3 is 2. The highest BCUT2D eigenvalue weighted by Gasteiger charge is 2.00. The fourth-order valence-corrected chi connectivity index (χ4v) is 2.27. The SMILES string of the molecule is COc1ccc(Nc2ccc3cc(OC)ccc3c2)cc1. The zero-order chi connectivity index (χ0) is 14.7. The van der Waals surface area contributed by atoms with Crippen LogP contribution in [0.5, 0.6) is 11.5 Å². The molecule has 21 heavy (non-hydrogen) atoms. The fourth-order valence-electron chi connectivity index (χ4n) is 2.27. The van der Waals surface area contributed by atoms with E-state index in [1.54, 1.807) is 14.2 Å². The van der Waals surface area contributed by atoms with Gasteiger partial charge in [-0.2, -0.15) is 0 Å². The molecule has 0 atom stereocenters. The topological polar surface area (TPSA) is 30.5 Å². The highest BCUT2D eigenvalue weighted by atomic mass is 16.5.